The highest BCUT2D eigenvalue weighted by molar-refractivity contribution is 6.31. The predicted octanol–water partition coefficient (Wildman–Crippen LogP) is 0.202. The van der Waals surface area contributed by atoms with Crippen molar-refractivity contribution < 1.29 is 9.90 Å². The molecule has 7 heavy (non-hydrogen) atoms. The Morgan fingerprint density at radius 2 is 2.43 bits per heavy atom. The molecule has 0 rings (SSSR count). The van der Waals surface area contributed by atoms with Crippen LogP contribution < -0.4 is 0 Å². The molecule has 0 fully saturated rings. The predicted molar refractivity (Wildman–Crippen MR) is 22.9 cm³/mol. The van der Waals surface area contributed by atoms with E-state index in [0.717, 1.165) is 0 Å². The summed E-state index contributed by atoms with van der Waals surface area (Å²) in [5.74, 6) is -1.30. The maximum atomic E-state index is 9.58. The first-order chi connectivity index (χ1) is 3.18. The van der Waals surface area contributed by atoms with Crippen LogP contribution in [0.4, 0.5) is 0 Å². The van der Waals surface area contributed by atoms with Crippen LogP contribution >= 0.6 is 11.6 Å². The Bertz CT molecular complexity index is 117. The van der Waals surface area contributed by atoms with Crippen molar-refractivity contribution in [1.82, 2.24) is 0 Å². The van der Waals surface area contributed by atoms with Gasteiger partial charge in [0.2, 0.25) is 5.38 Å². The zero-order chi connectivity index (χ0) is 5.86. The number of aliphatic carboxylic acids is 1. The van der Waals surface area contributed by atoms with Gasteiger partial charge in [-0.15, -0.1) is 0 Å². The fourth-order valence-corrected chi connectivity index (χ4v) is 0.0552. The van der Waals surface area contributed by atoms with E-state index in [1.165, 1.54) is 6.07 Å². The maximum absolute atomic E-state index is 9.58. The summed E-state index contributed by atoms with van der Waals surface area (Å²) >= 11 is 4.84. The van der Waals surface area contributed by atoms with Crippen LogP contribution in [0.25, 0.3) is 0 Å². The third kappa shape index (κ3) is 2.01. The highest BCUT2D eigenvalue weighted by Crippen LogP contribution is 1.89. The van der Waals surface area contributed by atoms with Gasteiger partial charge in [0.1, 0.15) is 0 Å². The summed E-state index contributed by atoms with van der Waals surface area (Å²) in [5, 5.41) is 14.2. The molecule has 0 aromatic rings. The van der Waals surface area contributed by atoms with Crippen LogP contribution in [-0.2, 0) is 4.79 Å². The molecule has 0 aliphatic carbocycles. The molecule has 4 heteroatoms. The first kappa shape index (κ1) is 6.25. The first-order valence-electron chi connectivity index (χ1n) is 1.45. The summed E-state index contributed by atoms with van der Waals surface area (Å²) in [6.45, 7) is 0. The number of rotatable bonds is 1. The molecule has 38 valence electrons. The van der Waals surface area contributed by atoms with E-state index in [-0.39, 0.29) is 0 Å². The molecule has 0 heterocycles. The monoisotopic (exact) mass is 119 g/mol. The molecule has 0 aliphatic heterocycles. The van der Waals surface area contributed by atoms with Gasteiger partial charge < -0.3 is 5.11 Å². The average molecular weight is 120 g/mol. The molecular weight excluding hydrogens is 117 g/mol. The topological polar surface area (TPSA) is 61.1 Å². The molecule has 0 saturated carbocycles. The smallest absolute Gasteiger partial charge is 0.336 e. The number of carboxylic acid groups (broad SMARTS) is 1. The number of hydrogen-bond acceptors (Lipinski definition) is 2. The summed E-state index contributed by atoms with van der Waals surface area (Å²) in [4.78, 5) is 9.58. The van der Waals surface area contributed by atoms with Gasteiger partial charge >= 0.3 is 5.97 Å². The lowest BCUT2D eigenvalue weighted by Gasteiger charge is -1.83. The van der Waals surface area contributed by atoms with Crippen LogP contribution in [0, 0.1) is 11.3 Å². The van der Waals surface area contributed by atoms with E-state index in [4.69, 9.17) is 22.0 Å². The van der Waals surface area contributed by atoms with E-state index in [1.54, 1.807) is 0 Å². The normalized spacial score (nSPS) is 12.0. The molecule has 0 bridgehead atoms. The molecule has 0 radical (unpaired) electrons. The molecule has 0 spiro atoms. The van der Waals surface area contributed by atoms with Crippen LogP contribution in [0.15, 0.2) is 0 Å². The Kier molecular flexibility index (Phi) is 2.17. The third-order valence-electron chi connectivity index (χ3n) is 0.330. The van der Waals surface area contributed by atoms with Gasteiger partial charge in [-0.25, -0.2) is 4.79 Å². The number of carbonyl (C=O) groups is 1. The van der Waals surface area contributed by atoms with E-state index in [0.29, 0.717) is 0 Å². The van der Waals surface area contributed by atoms with Gasteiger partial charge in [-0.3, -0.25) is 0 Å². The molecule has 1 atom stereocenters. The zero-order valence-electron chi connectivity index (χ0n) is 3.26. The average Bonchev–Trinajstić information content (AvgIpc) is 1.65. The fourth-order valence-electron chi connectivity index (χ4n) is 0.0552. The van der Waals surface area contributed by atoms with Gasteiger partial charge in [-0.2, -0.15) is 5.26 Å². The minimum Gasteiger partial charge on any atom is -0.479 e. The van der Waals surface area contributed by atoms with Crippen molar-refractivity contribution in [1.29, 1.82) is 5.26 Å². The van der Waals surface area contributed by atoms with Crippen molar-refractivity contribution in [2.24, 2.45) is 0 Å². The quantitative estimate of drug-likeness (QED) is 0.502. The Morgan fingerprint density at radius 3 is 2.43 bits per heavy atom. The number of nitrogens with zero attached hydrogens (tertiary/aromatic N) is 1. The van der Waals surface area contributed by atoms with Gasteiger partial charge in [-0.1, -0.05) is 11.6 Å². The van der Waals surface area contributed by atoms with Gasteiger partial charge in [-0.05, 0) is 0 Å². The SMILES string of the molecule is N#CC(Cl)C(=O)O. The molecule has 1 unspecified atom stereocenters. The van der Waals surface area contributed by atoms with Crippen molar-refractivity contribution in [3.63, 3.8) is 0 Å². The zero-order valence-corrected chi connectivity index (χ0v) is 4.01. The van der Waals surface area contributed by atoms with Gasteiger partial charge in [0.25, 0.3) is 0 Å². The highest BCUT2D eigenvalue weighted by Gasteiger charge is 2.09. The number of alkyl halides is 1. The molecule has 3 nitrogen and oxygen atoms in total. The molecule has 1 N–H and O–H groups in total. The lowest BCUT2D eigenvalue weighted by molar-refractivity contribution is -0.135. The molecule has 0 aromatic heterocycles. The van der Waals surface area contributed by atoms with E-state index >= 15 is 0 Å². The van der Waals surface area contributed by atoms with Crippen molar-refractivity contribution in [2.75, 3.05) is 0 Å². The Balaban J connectivity index is 3.63. The van der Waals surface area contributed by atoms with Crippen LogP contribution in [0.5, 0.6) is 0 Å². The molecule has 0 aromatic carbocycles. The first-order valence-corrected chi connectivity index (χ1v) is 1.88. The highest BCUT2D eigenvalue weighted by atomic mass is 35.5. The Morgan fingerprint density at radius 1 is 2.00 bits per heavy atom. The van der Waals surface area contributed by atoms with E-state index < -0.39 is 11.3 Å². The van der Waals surface area contributed by atoms with Gasteiger partial charge in [0.05, 0.1) is 6.07 Å². The van der Waals surface area contributed by atoms with E-state index in [9.17, 15) is 4.79 Å². The van der Waals surface area contributed by atoms with Crippen molar-refractivity contribution in [3.8, 4) is 6.07 Å². The number of hydrogen-bond donors (Lipinski definition) is 1. The summed E-state index contributed by atoms with van der Waals surface area (Å²) in [5.41, 5.74) is 0. The minimum atomic E-state index is -1.40. The molecular formula is C3H2ClNO2. The summed E-state index contributed by atoms with van der Waals surface area (Å²) in [7, 11) is 0. The third-order valence-corrected chi connectivity index (χ3v) is 0.614. The number of carboxylic acids is 1. The van der Waals surface area contributed by atoms with Crippen LogP contribution in [0.3, 0.4) is 0 Å². The minimum absolute atomic E-state index is 1.30. The molecule has 0 aliphatic rings. The number of halogens is 1. The van der Waals surface area contributed by atoms with Crippen molar-refractivity contribution >= 4 is 17.6 Å². The second kappa shape index (κ2) is 2.43. The summed E-state index contributed by atoms with van der Waals surface area (Å²) in [6, 6.07) is 1.33. The van der Waals surface area contributed by atoms with E-state index in [2.05, 4.69) is 0 Å². The van der Waals surface area contributed by atoms with Gasteiger partial charge in [0.15, 0.2) is 0 Å². The summed E-state index contributed by atoms with van der Waals surface area (Å²) in [6.07, 6.45) is 0. The Labute approximate surface area is 45.1 Å². The maximum Gasteiger partial charge on any atom is 0.336 e. The molecule has 0 saturated heterocycles. The second-order valence-electron chi connectivity index (χ2n) is 0.830. The fraction of sp³-hybridized carbons (Fsp3) is 0.333. The van der Waals surface area contributed by atoms with Crippen molar-refractivity contribution in [2.45, 2.75) is 5.38 Å². The molecule has 0 amide bonds. The van der Waals surface area contributed by atoms with Crippen LogP contribution in [-0.4, -0.2) is 16.5 Å². The largest absolute Gasteiger partial charge is 0.479 e. The van der Waals surface area contributed by atoms with E-state index in [1.807, 2.05) is 0 Å². The van der Waals surface area contributed by atoms with Crippen LogP contribution in [0.1, 0.15) is 0 Å². The lowest BCUT2D eigenvalue weighted by Crippen LogP contribution is -2.09. The van der Waals surface area contributed by atoms with Crippen molar-refractivity contribution in [3.05, 3.63) is 0 Å². The Hall–Kier alpha value is -0.750. The lowest BCUT2D eigenvalue weighted by atomic mass is 10.5. The number of nitriles is 1. The van der Waals surface area contributed by atoms with Gasteiger partial charge in [0, 0.05) is 0 Å². The second-order valence-corrected chi connectivity index (χ2v) is 1.27. The summed E-state index contributed by atoms with van der Waals surface area (Å²) < 4.78 is 0. The van der Waals surface area contributed by atoms with Crippen LogP contribution in [0.2, 0.25) is 0 Å². The standard InChI is InChI=1S/C3H2ClNO2/c4-2(1-5)3(6)7/h2H,(H,6,7).